The minimum absolute atomic E-state index is 0.0904. The Morgan fingerprint density at radius 2 is 1.00 bits per heavy atom. The van der Waals surface area contributed by atoms with Gasteiger partial charge in [-0.15, -0.1) is 22.7 Å². The fourth-order valence-corrected chi connectivity index (χ4v) is 8.20. The largest absolute Gasteiger partial charge is 0.461 e. The van der Waals surface area contributed by atoms with E-state index >= 15 is 0 Å². The van der Waals surface area contributed by atoms with Crippen molar-refractivity contribution in [1.82, 2.24) is 15.3 Å². The second-order valence-electron chi connectivity index (χ2n) is 11.9. The summed E-state index contributed by atoms with van der Waals surface area (Å²) in [5.41, 5.74) is 5.26. The first-order valence-corrected chi connectivity index (χ1v) is 19.9. The van der Waals surface area contributed by atoms with E-state index in [4.69, 9.17) is 56.1 Å². The zero-order chi connectivity index (χ0) is 36.6. The molecule has 4 aromatic carbocycles. The summed E-state index contributed by atoms with van der Waals surface area (Å²) in [5, 5.41) is 6.62. The molecule has 7 rings (SSSR count). The SMILES string of the molecule is CCOC(=O)c1nc(-c2ccc(Cl)cc2)c(-c2ccc(Cl)cc2)s1.O=C(NC1CCCCC1)c1nc(-c2ccc(Cl)cc2)c(-c2ccc(Cl)cc2)s1. The maximum atomic E-state index is 12.8. The molecule has 12 heteroatoms. The van der Waals surface area contributed by atoms with Crippen molar-refractivity contribution in [3.8, 4) is 43.4 Å². The molecule has 1 fully saturated rings. The highest BCUT2D eigenvalue weighted by atomic mass is 35.5. The van der Waals surface area contributed by atoms with Gasteiger partial charge in [0.05, 0.1) is 27.7 Å². The van der Waals surface area contributed by atoms with Gasteiger partial charge in [-0.3, -0.25) is 4.79 Å². The van der Waals surface area contributed by atoms with E-state index in [0.717, 1.165) is 56.2 Å². The van der Waals surface area contributed by atoms with E-state index < -0.39 is 5.97 Å². The number of halogens is 4. The molecule has 52 heavy (non-hydrogen) atoms. The maximum Gasteiger partial charge on any atom is 0.367 e. The second kappa shape index (κ2) is 17.8. The summed E-state index contributed by atoms with van der Waals surface area (Å²) in [4.78, 5) is 35.9. The summed E-state index contributed by atoms with van der Waals surface area (Å²) in [6.45, 7) is 2.08. The molecule has 1 saturated carbocycles. The first-order chi connectivity index (χ1) is 25.2. The molecule has 0 unspecified atom stereocenters. The van der Waals surface area contributed by atoms with E-state index in [-0.39, 0.29) is 11.9 Å². The van der Waals surface area contributed by atoms with Gasteiger partial charge in [0.2, 0.25) is 5.01 Å². The van der Waals surface area contributed by atoms with Crippen LogP contribution in [0.1, 0.15) is 58.6 Å². The highest BCUT2D eigenvalue weighted by molar-refractivity contribution is 7.17. The molecule has 0 atom stereocenters. The summed E-state index contributed by atoms with van der Waals surface area (Å²) >= 11 is 26.7. The number of hydrogen-bond acceptors (Lipinski definition) is 7. The number of nitrogens with one attached hydrogen (secondary N) is 1. The average Bonchev–Trinajstić information content (AvgIpc) is 3.80. The minimum Gasteiger partial charge on any atom is -0.461 e. The van der Waals surface area contributed by atoms with Crippen molar-refractivity contribution in [3.05, 3.63) is 127 Å². The van der Waals surface area contributed by atoms with Crippen LogP contribution in [0.3, 0.4) is 0 Å². The molecule has 1 aliphatic rings. The predicted octanol–water partition coefficient (Wildman–Crippen LogP) is 12.8. The van der Waals surface area contributed by atoms with Gasteiger partial charge in [0.1, 0.15) is 0 Å². The van der Waals surface area contributed by atoms with Crippen molar-refractivity contribution in [2.45, 2.75) is 45.1 Å². The van der Waals surface area contributed by atoms with Crippen molar-refractivity contribution >= 4 is 81.0 Å². The second-order valence-corrected chi connectivity index (χ2v) is 15.7. The van der Waals surface area contributed by atoms with E-state index in [2.05, 4.69) is 10.3 Å². The number of benzene rings is 4. The molecular formula is C40H33Cl4N3O3S2. The number of rotatable bonds is 8. The van der Waals surface area contributed by atoms with Gasteiger partial charge in [-0.05, 0) is 79.4 Å². The Morgan fingerprint density at radius 3 is 1.42 bits per heavy atom. The normalized spacial score (nSPS) is 12.9. The summed E-state index contributed by atoms with van der Waals surface area (Å²) in [6.07, 6.45) is 5.70. The van der Waals surface area contributed by atoms with E-state index in [1.807, 2.05) is 84.9 Å². The van der Waals surface area contributed by atoms with Crippen molar-refractivity contribution < 1.29 is 14.3 Å². The van der Waals surface area contributed by atoms with Crippen molar-refractivity contribution in [2.75, 3.05) is 6.61 Å². The predicted molar refractivity (Wildman–Crippen MR) is 216 cm³/mol. The third kappa shape index (κ3) is 9.61. The third-order valence-corrected chi connectivity index (χ3v) is 11.5. The van der Waals surface area contributed by atoms with Crippen LogP contribution in [0.4, 0.5) is 0 Å². The highest BCUT2D eigenvalue weighted by Gasteiger charge is 2.23. The van der Waals surface area contributed by atoms with Gasteiger partial charge in [0.15, 0.2) is 5.01 Å². The Morgan fingerprint density at radius 1 is 0.615 bits per heavy atom. The number of carbonyl (C=O) groups is 2. The molecule has 6 nitrogen and oxygen atoms in total. The minimum atomic E-state index is -0.419. The molecule has 0 aliphatic heterocycles. The van der Waals surface area contributed by atoms with Crippen LogP contribution in [-0.4, -0.2) is 34.5 Å². The lowest BCUT2D eigenvalue weighted by molar-refractivity contribution is 0.0526. The number of ether oxygens (including phenoxy) is 1. The fraction of sp³-hybridized carbons (Fsp3) is 0.200. The molecule has 0 radical (unpaired) electrons. The van der Waals surface area contributed by atoms with E-state index in [9.17, 15) is 9.59 Å². The lowest BCUT2D eigenvalue weighted by Gasteiger charge is -2.22. The van der Waals surface area contributed by atoms with Crippen molar-refractivity contribution in [3.63, 3.8) is 0 Å². The van der Waals surface area contributed by atoms with Crippen molar-refractivity contribution in [1.29, 1.82) is 0 Å². The number of esters is 1. The van der Waals surface area contributed by atoms with Crippen LogP contribution in [0, 0.1) is 0 Å². The fourth-order valence-electron chi connectivity index (χ4n) is 5.71. The number of aromatic nitrogens is 2. The van der Waals surface area contributed by atoms with Crippen LogP contribution < -0.4 is 5.32 Å². The van der Waals surface area contributed by atoms with Gasteiger partial charge in [0.25, 0.3) is 5.91 Å². The standard InChI is InChI=1S/C22H20Cl2N2OS.C18H13Cl2NO2S/c23-16-10-6-14(7-11-16)19-20(15-8-12-17(24)13-9-15)28-22(26-19)21(27)25-18-4-2-1-3-5-18;1-2-23-18(22)17-21-15(11-3-7-13(19)8-4-11)16(24-17)12-5-9-14(20)10-6-12/h6-13,18H,1-5H2,(H,25,27);3-10H,2H2,1H3. The molecule has 266 valence electrons. The summed E-state index contributed by atoms with van der Waals surface area (Å²) in [7, 11) is 0. The van der Waals surface area contributed by atoms with Crippen LogP contribution in [0.25, 0.3) is 43.4 Å². The number of thiazole rings is 2. The van der Waals surface area contributed by atoms with Gasteiger partial charge < -0.3 is 10.1 Å². The summed E-state index contributed by atoms with van der Waals surface area (Å²) in [6, 6.07) is 30.2. The van der Waals surface area contributed by atoms with Gasteiger partial charge >= 0.3 is 5.97 Å². The molecule has 2 aromatic heterocycles. The van der Waals surface area contributed by atoms with Crippen LogP contribution in [0.5, 0.6) is 0 Å². The molecule has 0 bridgehead atoms. The van der Waals surface area contributed by atoms with Gasteiger partial charge in [-0.1, -0.05) is 114 Å². The van der Waals surface area contributed by atoms with Gasteiger partial charge in [-0.25, -0.2) is 14.8 Å². The Hall–Kier alpha value is -3.76. The molecule has 0 saturated heterocycles. The zero-order valence-electron chi connectivity index (χ0n) is 28.0. The van der Waals surface area contributed by atoms with Crippen LogP contribution in [0.2, 0.25) is 20.1 Å². The zero-order valence-corrected chi connectivity index (χ0v) is 32.7. The van der Waals surface area contributed by atoms with Gasteiger partial charge in [0, 0.05) is 37.3 Å². The topological polar surface area (TPSA) is 81.2 Å². The molecule has 1 amide bonds. The first kappa shape index (κ1) is 38.0. The third-order valence-electron chi connectivity index (χ3n) is 8.29. The Bertz CT molecular complexity index is 2000. The molecular weight excluding hydrogens is 776 g/mol. The molecule has 2 heterocycles. The molecule has 6 aromatic rings. The van der Waals surface area contributed by atoms with E-state index in [1.54, 1.807) is 19.1 Å². The number of hydrogen-bond donors (Lipinski definition) is 1. The highest BCUT2D eigenvalue weighted by Crippen LogP contribution is 2.39. The lowest BCUT2D eigenvalue weighted by atomic mass is 9.95. The Balaban J connectivity index is 0.000000181. The summed E-state index contributed by atoms with van der Waals surface area (Å²) < 4.78 is 5.07. The Labute approximate surface area is 330 Å². The number of nitrogens with zero attached hydrogens (tertiary/aromatic N) is 2. The van der Waals surface area contributed by atoms with E-state index in [0.29, 0.717) is 36.7 Å². The van der Waals surface area contributed by atoms with Crippen LogP contribution in [0.15, 0.2) is 97.1 Å². The first-order valence-electron chi connectivity index (χ1n) is 16.7. The maximum absolute atomic E-state index is 12.8. The monoisotopic (exact) mass is 807 g/mol. The lowest BCUT2D eigenvalue weighted by Crippen LogP contribution is -2.36. The average molecular weight is 810 g/mol. The van der Waals surface area contributed by atoms with Crippen molar-refractivity contribution in [2.24, 2.45) is 0 Å². The van der Waals surface area contributed by atoms with Gasteiger partial charge in [-0.2, -0.15) is 0 Å². The van der Waals surface area contributed by atoms with Crippen LogP contribution >= 0.6 is 69.1 Å². The summed E-state index contributed by atoms with van der Waals surface area (Å²) in [5.74, 6) is -0.509. The number of amides is 1. The molecule has 1 aliphatic carbocycles. The smallest absolute Gasteiger partial charge is 0.367 e. The molecule has 1 N–H and O–H groups in total. The number of carbonyl (C=O) groups excluding carboxylic acids is 2. The van der Waals surface area contributed by atoms with Crippen LogP contribution in [-0.2, 0) is 4.74 Å². The molecule has 0 spiro atoms. The van der Waals surface area contributed by atoms with E-state index in [1.165, 1.54) is 41.9 Å². The quantitative estimate of drug-likeness (QED) is 0.155. The Kier molecular flexibility index (Phi) is 13.0.